The summed E-state index contributed by atoms with van der Waals surface area (Å²) in [6.07, 6.45) is -3.59. The van der Waals surface area contributed by atoms with Crippen LogP contribution in [0.5, 0.6) is 0 Å². The van der Waals surface area contributed by atoms with Crippen LogP contribution < -0.4 is 5.32 Å². The third-order valence-electron chi connectivity index (χ3n) is 11.3. The summed E-state index contributed by atoms with van der Waals surface area (Å²) in [5, 5.41) is 22.1. The molecule has 9 atom stereocenters. The number of methoxy groups -OCH3 is 1. The van der Waals surface area contributed by atoms with Gasteiger partial charge >= 0.3 is 24.1 Å². The van der Waals surface area contributed by atoms with Crippen molar-refractivity contribution in [3.8, 4) is 0 Å². The van der Waals surface area contributed by atoms with Crippen LogP contribution in [0, 0.1) is 34.0 Å². The van der Waals surface area contributed by atoms with Crippen LogP contribution in [0.3, 0.4) is 0 Å². The number of Topliss-reactive ketones (excluding diaryl/α,β-unsaturated/α-hetero) is 1. The number of hydrogen-bond donors (Lipinski definition) is 3. The van der Waals surface area contributed by atoms with Gasteiger partial charge in [-0.1, -0.05) is 57.2 Å². The van der Waals surface area contributed by atoms with E-state index in [2.05, 4.69) is 25.7 Å². The summed E-state index contributed by atoms with van der Waals surface area (Å²) in [6, 6.07) is 9.09. The molecule has 0 radical (unpaired) electrons. The Morgan fingerprint density at radius 2 is 1.75 bits per heavy atom. The Labute approximate surface area is 278 Å². The molecule has 10 nitrogen and oxygen atoms in total. The molecule has 1 aromatic carbocycles. The number of benzene rings is 1. The molecule has 48 heavy (non-hydrogen) atoms. The Morgan fingerprint density at radius 1 is 1.12 bits per heavy atom. The Bertz CT molecular complexity index is 1400. The predicted molar refractivity (Wildman–Crippen MR) is 166 cm³/mol. The van der Waals surface area contributed by atoms with E-state index in [1.165, 1.54) is 6.92 Å². The lowest BCUT2D eigenvalue weighted by Gasteiger charge is -2.67. The van der Waals surface area contributed by atoms with E-state index in [-0.39, 0.29) is 30.1 Å². The van der Waals surface area contributed by atoms with Crippen molar-refractivity contribution in [3.05, 3.63) is 48.0 Å². The fourth-order valence-electron chi connectivity index (χ4n) is 9.44. The molecule has 5 rings (SSSR count). The molecule has 0 heterocycles. The van der Waals surface area contributed by atoms with Crippen molar-refractivity contribution in [2.75, 3.05) is 20.8 Å². The molecule has 0 amide bonds. The number of aliphatic carboxylic acids is 1. The second-order valence-corrected chi connectivity index (χ2v) is 14.2. The molecule has 1 spiro atoms. The second-order valence-electron chi connectivity index (χ2n) is 14.2. The number of carbonyl (C=O) groups is 4. The van der Waals surface area contributed by atoms with Crippen LogP contribution in [-0.4, -0.2) is 85.2 Å². The average Bonchev–Trinajstić information content (AvgIpc) is 3.14. The zero-order valence-electron chi connectivity index (χ0n) is 28.0. The Morgan fingerprint density at radius 3 is 2.29 bits per heavy atom. The van der Waals surface area contributed by atoms with E-state index in [4.69, 9.17) is 24.1 Å². The van der Waals surface area contributed by atoms with E-state index >= 15 is 0 Å². The Balaban J connectivity index is 0.000000671. The highest BCUT2D eigenvalue weighted by molar-refractivity contribution is 6.05. The smallest absolute Gasteiger partial charge is 0.475 e. The highest BCUT2D eigenvalue weighted by Gasteiger charge is 2.78. The van der Waals surface area contributed by atoms with Crippen LogP contribution in [0.4, 0.5) is 13.2 Å². The van der Waals surface area contributed by atoms with Crippen molar-refractivity contribution >= 4 is 23.7 Å². The highest BCUT2D eigenvalue weighted by atomic mass is 19.4. The summed E-state index contributed by atoms with van der Waals surface area (Å²) in [6.45, 7) is 10.1. The van der Waals surface area contributed by atoms with E-state index in [0.717, 1.165) is 18.4 Å². The van der Waals surface area contributed by atoms with Crippen molar-refractivity contribution in [1.82, 2.24) is 5.32 Å². The number of ether oxygens (including phenoxy) is 3. The average molecular weight is 682 g/mol. The minimum absolute atomic E-state index is 0.0241. The minimum Gasteiger partial charge on any atom is -0.475 e. The number of aliphatic hydroxyl groups is 1. The fourth-order valence-corrected chi connectivity index (χ4v) is 9.44. The first-order chi connectivity index (χ1) is 22.4. The number of carbonyl (C=O) groups excluding carboxylic acids is 3. The van der Waals surface area contributed by atoms with Crippen LogP contribution in [0.25, 0.3) is 0 Å². The number of carboxylic acid groups (broad SMARTS) is 1. The van der Waals surface area contributed by atoms with E-state index in [1.54, 1.807) is 14.2 Å². The van der Waals surface area contributed by atoms with Gasteiger partial charge in [0.15, 0.2) is 5.78 Å². The number of aliphatic hydroxyl groups excluding tert-OH is 1. The predicted octanol–water partition coefficient (Wildman–Crippen LogP) is 4.28. The van der Waals surface area contributed by atoms with Gasteiger partial charge in [0.1, 0.15) is 17.6 Å². The molecule has 266 valence electrons. The number of rotatable bonds is 8. The van der Waals surface area contributed by atoms with E-state index in [9.17, 15) is 32.7 Å². The molecule has 4 fully saturated rings. The molecular weight excluding hydrogens is 635 g/mol. The summed E-state index contributed by atoms with van der Waals surface area (Å²) in [5.74, 6) is -4.90. The SMILES string of the molecule is C=C1C(=O)[C@]23[C@H](OC(=O)C(Cc4ccccc4)NC)[C@@H]1C[C@H](O)[C@H]2[C@]1(COC(C)=O)CCCC(C)(C)[C@H]1C[C@H]3OC.O=C(O)C(F)(F)F. The lowest BCUT2D eigenvalue weighted by Crippen LogP contribution is -2.72. The number of carboxylic acids is 1. The van der Waals surface area contributed by atoms with Crippen molar-refractivity contribution in [2.45, 2.75) is 89.8 Å². The number of esters is 2. The van der Waals surface area contributed by atoms with Crippen LogP contribution in [0.1, 0.15) is 58.4 Å². The lowest BCUT2D eigenvalue weighted by atomic mass is 9.39. The molecule has 13 heteroatoms. The van der Waals surface area contributed by atoms with Gasteiger partial charge in [-0.15, -0.1) is 0 Å². The summed E-state index contributed by atoms with van der Waals surface area (Å²) in [4.78, 5) is 49.4. The highest BCUT2D eigenvalue weighted by Crippen LogP contribution is 2.72. The number of halogens is 3. The molecule has 1 unspecified atom stereocenters. The molecule has 2 bridgehead atoms. The molecule has 4 aliphatic carbocycles. The Hall–Kier alpha value is -3.29. The third kappa shape index (κ3) is 6.53. The van der Waals surface area contributed by atoms with E-state index in [1.807, 2.05) is 30.3 Å². The van der Waals surface area contributed by atoms with Gasteiger partial charge in [0.25, 0.3) is 0 Å². The van der Waals surface area contributed by atoms with Crippen molar-refractivity contribution in [1.29, 1.82) is 0 Å². The maximum Gasteiger partial charge on any atom is 0.490 e. The van der Waals surface area contributed by atoms with Gasteiger partial charge in [-0.25, -0.2) is 4.79 Å². The zero-order chi connectivity index (χ0) is 35.8. The van der Waals surface area contributed by atoms with Gasteiger partial charge < -0.3 is 29.7 Å². The molecule has 0 aliphatic heterocycles. The lowest BCUT2D eigenvalue weighted by molar-refractivity contribution is -0.272. The first-order valence-corrected chi connectivity index (χ1v) is 16.2. The minimum atomic E-state index is -5.08. The van der Waals surface area contributed by atoms with Crippen LogP contribution in [-0.2, 0) is 39.8 Å². The number of ketones is 1. The molecule has 0 saturated heterocycles. The summed E-state index contributed by atoms with van der Waals surface area (Å²) < 4.78 is 50.1. The maximum absolute atomic E-state index is 14.5. The molecule has 0 aromatic heterocycles. The van der Waals surface area contributed by atoms with Gasteiger partial charge in [-0.2, -0.15) is 13.2 Å². The number of likely N-dealkylation sites (N-methyl/N-ethyl adjacent to an activating group) is 1. The number of fused-ring (bicyclic) bond motifs is 3. The quantitative estimate of drug-likeness (QED) is 0.268. The molecule has 1 aromatic rings. The summed E-state index contributed by atoms with van der Waals surface area (Å²) in [7, 11) is 3.32. The van der Waals surface area contributed by atoms with Crippen molar-refractivity contribution in [3.63, 3.8) is 0 Å². The standard InChI is InChI=1S/C33H45NO7.C2HF3O2/c1-19-22-16-24(36)27-32(18-40-20(2)35)14-10-13-31(3,4)25(32)17-26(39-6)33(27,28(19)37)29(22)41-30(38)23(34-5)15-21-11-8-7-9-12-21;3-2(4,5)1(6)7/h7-9,11-12,22-27,29,34,36H,1,10,13-18H2,2-6H3;(H,6,7)/t22-,23?,24+,25-,26-,27+,29-,32+,33-;/m1./s1. The van der Waals surface area contributed by atoms with Crippen molar-refractivity contribution < 1.29 is 56.8 Å². The maximum atomic E-state index is 14.5. The van der Waals surface area contributed by atoms with Gasteiger partial charge in [0, 0.05) is 31.3 Å². The third-order valence-corrected chi connectivity index (χ3v) is 11.3. The summed E-state index contributed by atoms with van der Waals surface area (Å²) >= 11 is 0. The monoisotopic (exact) mass is 681 g/mol. The first kappa shape index (κ1) is 37.5. The normalized spacial score (nSPS) is 34.1. The van der Waals surface area contributed by atoms with E-state index in [0.29, 0.717) is 24.8 Å². The topological polar surface area (TPSA) is 148 Å². The van der Waals surface area contributed by atoms with Crippen LogP contribution in [0.15, 0.2) is 42.5 Å². The van der Waals surface area contributed by atoms with Gasteiger partial charge in [0.05, 0.1) is 18.8 Å². The molecule has 4 aliphatic rings. The number of hydrogen-bond acceptors (Lipinski definition) is 9. The van der Waals surface area contributed by atoms with Crippen molar-refractivity contribution in [2.24, 2.45) is 34.0 Å². The summed E-state index contributed by atoms with van der Waals surface area (Å²) in [5.41, 5.74) is -0.761. The van der Waals surface area contributed by atoms with Crippen LogP contribution in [0.2, 0.25) is 0 Å². The fraction of sp³-hybridized carbons (Fsp3) is 0.657. The first-order valence-electron chi connectivity index (χ1n) is 16.2. The van der Waals surface area contributed by atoms with Gasteiger partial charge in [0.2, 0.25) is 0 Å². The molecular formula is C35H46F3NO9. The van der Waals surface area contributed by atoms with Crippen LogP contribution >= 0.6 is 0 Å². The van der Waals surface area contributed by atoms with Gasteiger partial charge in [-0.3, -0.25) is 14.4 Å². The number of alkyl halides is 3. The van der Waals surface area contributed by atoms with E-state index < -0.39 is 71.1 Å². The number of nitrogens with one attached hydrogen (secondary N) is 1. The largest absolute Gasteiger partial charge is 0.490 e. The Kier molecular flexibility index (Phi) is 10.9. The second kappa shape index (κ2) is 13.9. The molecule has 3 N–H and O–H groups in total. The zero-order valence-corrected chi connectivity index (χ0v) is 28.0. The van der Waals surface area contributed by atoms with Gasteiger partial charge in [-0.05, 0) is 61.6 Å². The molecule has 4 saturated carbocycles.